The van der Waals surface area contributed by atoms with Gasteiger partial charge in [0.15, 0.2) is 0 Å². The maximum absolute atomic E-state index is 11.6. The summed E-state index contributed by atoms with van der Waals surface area (Å²) in [5.41, 5.74) is 1.36. The van der Waals surface area contributed by atoms with Gasteiger partial charge in [0, 0.05) is 13.1 Å². The number of benzene rings is 1. The fraction of sp³-hybridized carbons (Fsp3) is 0.412. The van der Waals surface area contributed by atoms with Gasteiger partial charge >= 0.3 is 12.2 Å². The Balaban J connectivity index is 2.37. The van der Waals surface area contributed by atoms with Crippen LogP contribution in [-0.2, 0) is 22.6 Å². The van der Waals surface area contributed by atoms with Crippen LogP contribution >= 0.6 is 0 Å². The van der Waals surface area contributed by atoms with E-state index in [0.29, 0.717) is 13.1 Å². The predicted octanol–water partition coefficient (Wildman–Crippen LogP) is 3.12. The van der Waals surface area contributed by atoms with Crippen molar-refractivity contribution in [3.8, 4) is 0 Å². The molecule has 0 saturated heterocycles. The average molecular weight is 320 g/mol. The molecule has 2 N–H and O–H groups in total. The molecule has 1 rings (SSSR count). The molecule has 0 aromatic heterocycles. The average Bonchev–Trinajstić information content (AvgIpc) is 2.48. The van der Waals surface area contributed by atoms with Crippen LogP contribution in [0.15, 0.2) is 36.9 Å². The molecular weight excluding hydrogens is 296 g/mol. The van der Waals surface area contributed by atoms with Gasteiger partial charge in [-0.3, -0.25) is 0 Å². The van der Waals surface area contributed by atoms with Crippen molar-refractivity contribution < 1.29 is 19.1 Å². The Morgan fingerprint density at radius 1 is 1.04 bits per heavy atom. The molecule has 0 atom stereocenters. The highest BCUT2D eigenvalue weighted by Gasteiger charge is 2.15. The quantitative estimate of drug-likeness (QED) is 0.790. The number of hydrogen-bond acceptors (Lipinski definition) is 4. The van der Waals surface area contributed by atoms with Gasteiger partial charge in [-0.25, -0.2) is 9.59 Å². The second kappa shape index (κ2) is 8.82. The lowest BCUT2D eigenvalue weighted by molar-refractivity contribution is 0.0523. The van der Waals surface area contributed by atoms with Gasteiger partial charge in [0.2, 0.25) is 0 Å². The van der Waals surface area contributed by atoms with Crippen molar-refractivity contribution in [2.45, 2.75) is 39.5 Å². The summed E-state index contributed by atoms with van der Waals surface area (Å²) >= 11 is 0. The summed E-state index contributed by atoms with van der Waals surface area (Å²) in [6.45, 7) is 9.84. The Hall–Kier alpha value is -2.50. The largest absolute Gasteiger partial charge is 0.445 e. The molecule has 0 radical (unpaired) electrons. The van der Waals surface area contributed by atoms with Crippen LogP contribution in [0.25, 0.3) is 0 Å². The molecule has 0 aliphatic heterocycles. The number of hydrogen-bond donors (Lipinski definition) is 2. The van der Waals surface area contributed by atoms with Crippen molar-refractivity contribution in [3.63, 3.8) is 0 Å². The molecule has 0 spiro atoms. The second-order valence-electron chi connectivity index (χ2n) is 5.91. The third-order valence-electron chi connectivity index (χ3n) is 2.63. The summed E-state index contributed by atoms with van der Waals surface area (Å²) in [6, 6.07) is 7.51. The first-order valence-corrected chi connectivity index (χ1v) is 7.36. The summed E-state index contributed by atoms with van der Waals surface area (Å²) in [4.78, 5) is 22.9. The van der Waals surface area contributed by atoms with E-state index in [1.165, 1.54) is 6.08 Å². The smallest absolute Gasteiger partial charge is 0.407 e. The number of nitrogens with one attached hydrogen (secondary N) is 2. The molecule has 0 aliphatic rings. The van der Waals surface area contributed by atoms with E-state index in [0.717, 1.165) is 11.1 Å². The third kappa shape index (κ3) is 8.50. The Morgan fingerprint density at radius 3 is 1.96 bits per heavy atom. The van der Waals surface area contributed by atoms with E-state index in [9.17, 15) is 9.59 Å². The van der Waals surface area contributed by atoms with E-state index in [2.05, 4.69) is 17.2 Å². The van der Waals surface area contributed by atoms with E-state index in [1.54, 1.807) is 0 Å². The normalized spacial score (nSPS) is 10.6. The predicted molar refractivity (Wildman–Crippen MR) is 87.9 cm³/mol. The second-order valence-corrected chi connectivity index (χ2v) is 5.91. The Morgan fingerprint density at radius 2 is 1.52 bits per heavy atom. The van der Waals surface area contributed by atoms with Crippen LogP contribution in [0.3, 0.4) is 0 Å². The number of ether oxygens (including phenoxy) is 2. The number of carbonyl (C=O) groups excluding carboxylic acids is 2. The first-order valence-electron chi connectivity index (χ1n) is 7.36. The Bertz CT molecular complexity index is 533. The van der Waals surface area contributed by atoms with Gasteiger partial charge in [-0.05, 0) is 31.9 Å². The van der Waals surface area contributed by atoms with Crippen molar-refractivity contribution in [2.24, 2.45) is 0 Å². The van der Waals surface area contributed by atoms with Gasteiger partial charge in [0.25, 0.3) is 0 Å². The number of rotatable bonds is 6. The van der Waals surface area contributed by atoms with Crippen LogP contribution in [0, 0.1) is 0 Å². The van der Waals surface area contributed by atoms with Crippen molar-refractivity contribution in [2.75, 3.05) is 6.61 Å². The fourth-order valence-corrected chi connectivity index (χ4v) is 1.62. The highest BCUT2D eigenvalue weighted by Crippen LogP contribution is 2.08. The van der Waals surface area contributed by atoms with Crippen LogP contribution in [-0.4, -0.2) is 24.4 Å². The summed E-state index contributed by atoms with van der Waals surface area (Å²) in [5.74, 6) is 0. The first-order chi connectivity index (χ1) is 10.8. The molecule has 0 bridgehead atoms. The van der Waals surface area contributed by atoms with E-state index in [4.69, 9.17) is 9.47 Å². The number of alkyl carbamates (subject to hydrolysis) is 2. The molecular formula is C17H24N2O4. The summed E-state index contributed by atoms with van der Waals surface area (Å²) in [5, 5.41) is 5.32. The van der Waals surface area contributed by atoms with Crippen molar-refractivity contribution in [1.82, 2.24) is 10.6 Å². The molecule has 6 nitrogen and oxygen atoms in total. The minimum atomic E-state index is -0.514. The molecule has 1 aromatic rings. The van der Waals surface area contributed by atoms with Gasteiger partial charge in [-0.2, -0.15) is 0 Å². The van der Waals surface area contributed by atoms with E-state index in [1.807, 2.05) is 45.0 Å². The molecule has 6 heteroatoms. The molecule has 2 amide bonds. The zero-order chi connectivity index (χ0) is 17.3. The number of amides is 2. The van der Waals surface area contributed by atoms with Crippen molar-refractivity contribution in [1.29, 1.82) is 0 Å². The van der Waals surface area contributed by atoms with Crippen LogP contribution in [0.4, 0.5) is 9.59 Å². The van der Waals surface area contributed by atoms with E-state index >= 15 is 0 Å². The SMILES string of the molecule is C=CCOC(=O)NCc1ccc(CNC(=O)OC(C)(C)C)cc1. The molecule has 1 aromatic carbocycles. The minimum Gasteiger partial charge on any atom is -0.445 e. The zero-order valence-electron chi connectivity index (χ0n) is 13.8. The van der Waals surface area contributed by atoms with Crippen LogP contribution in [0.1, 0.15) is 31.9 Å². The van der Waals surface area contributed by atoms with Gasteiger partial charge in [-0.15, -0.1) is 0 Å². The maximum Gasteiger partial charge on any atom is 0.407 e. The van der Waals surface area contributed by atoms with Crippen molar-refractivity contribution >= 4 is 12.2 Å². The maximum atomic E-state index is 11.6. The summed E-state index contributed by atoms with van der Waals surface area (Å²) in [6.07, 6.45) is 0.570. The van der Waals surface area contributed by atoms with Crippen molar-refractivity contribution in [3.05, 3.63) is 48.0 Å². The lowest BCUT2D eigenvalue weighted by Gasteiger charge is -2.19. The van der Waals surface area contributed by atoms with Gasteiger partial charge < -0.3 is 20.1 Å². The van der Waals surface area contributed by atoms with Crippen LogP contribution in [0.2, 0.25) is 0 Å². The van der Waals surface area contributed by atoms with Gasteiger partial charge in [0.05, 0.1) is 0 Å². The summed E-state index contributed by atoms with van der Waals surface area (Å²) in [7, 11) is 0. The standard InChI is InChI=1S/C17H24N2O4/c1-5-10-22-15(20)18-11-13-6-8-14(9-7-13)12-19-16(21)23-17(2,3)4/h5-9H,1,10-12H2,2-4H3,(H,18,20)(H,19,21). The molecule has 0 saturated carbocycles. The highest BCUT2D eigenvalue weighted by molar-refractivity contribution is 5.68. The number of carbonyl (C=O) groups is 2. The highest BCUT2D eigenvalue weighted by atomic mass is 16.6. The lowest BCUT2D eigenvalue weighted by atomic mass is 10.1. The minimum absolute atomic E-state index is 0.182. The topological polar surface area (TPSA) is 76.7 Å². The van der Waals surface area contributed by atoms with Crippen LogP contribution < -0.4 is 10.6 Å². The lowest BCUT2D eigenvalue weighted by Crippen LogP contribution is -2.32. The molecule has 0 aliphatic carbocycles. The van der Waals surface area contributed by atoms with Gasteiger partial charge in [-0.1, -0.05) is 36.9 Å². The van der Waals surface area contributed by atoms with Crippen LogP contribution in [0.5, 0.6) is 0 Å². The van der Waals surface area contributed by atoms with Gasteiger partial charge in [0.1, 0.15) is 12.2 Å². The fourth-order valence-electron chi connectivity index (χ4n) is 1.62. The zero-order valence-corrected chi connectivity index (χ0v) is 13.8. The Labute approximate surface area is 136 Å². The third-order valence-corrected chi connectivity index (χ3v) is 2.63. The molecule has 0 heterocycles. The van der Waals surface area contributed by atoms with E-state index in [-0.39, 0.29) is 6.61 Å². The monoisotopic (exact) mass is 320 g/mol. The molecule has 0 unspecified atom stereocenters. The summed E-state index contributed by atoms with van der Waals surface area (Å²) < 4.78 is 9.97. The molecule has 23 heavy (non-hydrogen) atoms. The Kier molecular flexibility index (Phi) is 7.12. The van der Waals surface area contributed by atoms with E-state index < -0.39 is 17.8 Å². The first kappa shape index (κ1) is 18.5. The molecule has 126 valence electrons. The molecule has 0 fully saturated rings.